The van der Waals surface area contributed by atoms with Gasteiger partial charge in [0.05, 0.1) is 29.4 Å². The molecule has 1 saturated heterocycles. The van der Waals surface area contributed by atoms with Gasteiger partial charge in [-0.3, -0.25) is 4.79 Å². The van der Waals surface area contributed by atoms with Crippen molar-refractivity contribution in [1.82, 2.24) is 24.7 Å². The Balaban J connectivity index is 1.62. The fraction of sp³-hybridized carbons (Fsp3) is 0.217. The number of fused-ring (bicyclic) bond motifs is 1. The molecule has 0 aliphatic carbocycles. The van der Waals surface area contributed by atoms with Gasteiger partial charge in [-0.1, -0.05) is 18.2 Å². The van der Waals surface area contributed by atoms with E-state index in [0.717, 1.165) is 5.56 Å². The first kappa shape index (κ1) is 21.3. The van der Waals surface area contributed by atoms with Crippen molar-refractivity contribution in [3.8, 4) is 11.3 Å². The number of hydrogen-bond donors (Lipinski definition) is 1. The van der Waals surface area contributed by atoms with Crippen LogP contribution in [0.1, 0.15) is 17.5 Å². The highest BCUT2D eigenvalue weighted by molar-refractivity contribution is 6.30. The van der Waals surface area contributed by atoms with E-state index in [0.29, 0.717) is 36.9 Å². The third-order valence-electron chi connectivity index (χ3n) is 5.55. The van der Waals surface area contributed by atoms with Crippen molar-refractivity contribution in [2.75, 3.05) is 24.6 Å². The van der Waals surface area contributed by atoms with Gasteiger partial charge in [-0.25, -0.2) is 19.0 Å². The molecular weight excluding hydrogens is 447 g/mol. The first-order chi connectivity index (χ1) is 15.9. The van der Waals surface area contributed by atoms with E-state index < -0.39 is 5.82 Å². The fourth-order valence-electron chi connectivity index (χ4n) is 3.98. The number of aryl methyl sites for hydroxylation is 1. The predicted molar refractivity (Wildman–Crippen MR) is 125 cm³/mol. The zero-order valence-corrected chi connectivity index (χ0v) is 18.5. The molecule has 168 valence electrons. The zero-order valence-electron chi connectivity index (χ0n) is 17.8. The summed E-state index contributed by atoms with van der Waals surface area (Å²) in [5.74, 6) is 0.475. The third kappa shape index (κ3) is 4.01. The highest BCUT2D eigenvalue weighted by Crippen LogP contribution is 2.32. The summed E-state index contributed by atoms with van der Waals surface area (Å²) in [4.78, 5) is 26.7. The van der Waals surface area contributed by atoms with Crippen LogP contribution in [0.2, 0.25) is 5.02 Å². The summed E-state index contributed by atoms with van der Waals surface area (Å²) in [5.41, 5.74) is 1.37. The van der Waals surface area contributed by atoms with E-state index in [-0.39, 0.29) is 33.3 Å². The molecule has 0 bridgehead atoms. The number of anilines is 1. The summed E-state index contributed by atoms with van der Waals surface area (Å²) in [5, 5.41) is 4.71. The summed E-state index contributed by atoms with van der Waals surface area (Å²) in [6.45, 7) is 6.96. The van der Waals surface area contributed by atoms with Crippen LogP contribution in [0.25, 0.3) is 28.4 Å². The van der Waals surface area contributed by atoms with E-state index in [4.69, 9.17) is 21.3 Å². The van der Waals surface area contributed by atoms with Crippen molar-refractivity contribution in [2.45, 2.75) is 13.0 Å². The molecule has 0 unspecified atom stereocenters. The molecule has 4 aromatic rings. The molecule has 5 rings (SSSR count). The molecule has 8 nitrogen and oxygen atoms in total. The first-order valence-electron chi connectivity index (χ1n) is 10.3. The Hall–Kier alpha value is -3.56. The van der Waals surface area contributed by atoms with Gasteiger partial charge in [0, 0.05) is 47.7 Å². The SMILES string of the molecule is C=Cn1cc([C@H]2CN(c3cc4nc(C)[nH]c(=O)c4c(-c4ccc(Cl)cc4F)n3)CCO2)cn1. The quantitative estimate of drug-likeness (QED) is 0.489. The molecule has 0 radical (unpaired) electrons. The van der Waals surface area contributed by atoms with E-state index in [2.05, 4.69) is 21.6 Å². The van der Waals surface area contributed by atoms with Crippen molar-refractivity contribution in [3.63, 3.8) is 0 Å². The first-order valence-corrected chi connectivity index (χ1v) is 10.7. The Bertz CT molecular complexity index is 1430. The minimum atomic E-state index is -0.565. The Kier molecular flexibility index (Phi) is 5.43. The molecule has 0 saturated carbocycles. The Labute approximate surface area is 193 Å². The molecule has 1 aliphatic heterocycles. The summed E-state index contributed by atoms with van der Waals surface area (Å²) in [6.07, 6.45) is 4.97. The van der Waals surface area contributed by atoms with Gasteiger partial charge in [0.1, 0.15) is 23.6 Å². The van der Waals surface area contributed by atoms with Crippen LogP contribution in [-0.4, -0.2) is 44.4 Å². The van der Waals surface area contributed by atoms with Crippen molar-refractivity contribution in [2.24, 2.45) is 0 Å². The van der Waals surface area contributed by atoms with E-state index in [1.54, 1.807) is 36.1 Å². The second-order valence-corrected chi connectivity index (χ2v) is 8.18. The highest BCUT2D eigenvalue weighted by Gasteiger charge is 2.26. The van der Waals surface area contributed by atoms with Crippen molar-refractivity contribution < 1.29 is 9.13 Å². The average Bonchev–Trinajstić information content (AvgIpc) is 3.28. The normalized spacial score (nSPS) is 16.3. The summed E-state index contributed by atoms with van der Waals surface area (Å²) >= 11 is 5.94. The number of hydrogen-bond acceptors (Lipinski definition) is 6. The second kappa shape index (κ2) is 8.42. The number of rotatable bonds is 4. The molecule has 3 aromatic heterocycles. The number of aromatic nitrogens is 5. The molecule has 1 fully saturated rings. The Morgan fingerprint density at radius 1 is 1.33 bits per heavy atom. The monoisotopic (exact) mass is 466 g/mol. The van der Waals surface area contributed by atoms with E-state index in [9.17, 15) is 9.18 Å². The lowest BCUT2D eigenvalue weighted by Crippen LogP contribution is -2.39. The topological polar surface area (TPSA) is 88.9 Å². The number of nitrogens with zero attached hydrogens (tertiary/aromatic N) is 5. The maximum Gasteiger partial charge on any atom is 0.260 e. The van der Waals surface area contributed by atoms with Gasteiger partial charge in [0.15, 0.2) is 0 Å². The van der Waals surface area contributed by atoms with Crippen molar-refractivity contribution >= 4 is 34.5 Å². The van der Waals surface area contributed by atoms with Crippen LogP contribution >= 0.6 is 11.6 Å². The molecule has 0 amide bonds. The van der Waals surface area contributed by atoms with Crippen LogP contribution < -0.4 is 10.5 Å². The lowest BCUT2D eigenvalue weighted by molar-refractivity contribution is 0.0395. The van der Waals surface area contributed by atoms with Gasteiger partial charge in [-0.15, -0.1) is 0 Å². The second-order valence-electron chi connectivity index (χ2n) is 7.74. The predicted octanol–water partition coefficient (Wildman–Crippen LogP) is 3.96. The van der Waals surface area contributed by atoms with E-state index >= 15 is 0 Å². The van der Waals surface area contributed by atoms with Crippen LogP contribution in [0, 0.1) is 12.7 Å². The number of morpholine rings is 1. The number of halogens is 2. The molecule has 1 aromatic carbocycles. The van der Waals surface area contributed by atoms with Crippen LogP contribution in [0.15, 0.2) is 48.0 Å². The van der Waals surface area contributed by atoms with Crippen LogP contribution in [0.4, 0.5) is 10.2 Å². The number of nitrogens with one attached hydrogen (secondary N) is 1. The van der Waals surface area contributed by atoms with E-state index in [1.807, 2.05) is 11.1 Å². The largest absolute Gasteiger partial charge is 0.370 e. The van der Waals surface area contributed by atoms with Gasteiger partial charge in [-0.05, 0) is 25.1 Å². The van der Waals surface area contributed by atoms with Gasteiger partial charge >= 0.3 is 0 Å². The van der Waals surface area contributed by atoms with Crippen LogP contribution in [0.3, 0.4) is 0 Å². The van der Waals surface area contributed by atoms with Gasteiger partial charge < -0.3 is 14.6 Å². The van der Waals surface area contributed by atoms with Gasteiger partial charge in [0.25, 0.3) is 5.56 Å². The molecule has 33 heavy (non-hydrogen) atoms. The van der Waals surface area contributed by atoms with Gasteiger partial charge in [-0.2, -0.15) is 5.10 Å². The lowest BCUT2D eigenvalue weighted by Gasteiger charge is -2.33. The number of ether oxygens (including phenoxy) is 1. The molecule has 0 spiro atoms. The zero-order chi connectivity index (χ0) is 23.1. The number of aromatic amines is 1. The average molecular weight is 467 g/mol. The highest BCUT2D eigenvalue weighted by atomic mass is 35.5. The molecule has 1 aliphatic rings. The molecule has 1 atom stereocenters. The smallest absolute Gasteiger partial charge is 0.260 e. The van der Waals surface area contributed by atoms with Crippen molar-refractivity contribution in [3.05, 3.63) is 75.8 Å². The summed E-state index contributed by atoms with van der Waals surface area (Å²) < 4.78 is 22.4. The number of benzene rings is 1. The Morgan fingerprint density at radius 3 is 2.94 bits per heavy atom. The lowest BCUT2D eigenvalue weighted by atomic mass is 10.1. The van der Waals surface area contributed by atoms with Gasteiger partial charge in [0.2, 0.25) is 0 Å². The van der Waals surface area contributed by atoms with Crippen LogP contribution in [-0.2, 0) is 4.74 Å². The number of H-pyrrole nitrogens is 1. The summed E-state index contributed by atoms with van der Waals surface area (Å²) in [7, 11) is 0. The molecule has 4 heterocycles. The minimum Gasteiger partial charge on any atom is -0.370 e. The van der Waals surface area contributed by atoms with E-state index in [1.165, 1.54) is 12.1 Å². The minimum absolute atomic E-state index is 0.180. The molecule has 1 N–H and O–H groups in total. The van der Waals surface area contributed by atoms with Crippen LogP contribution in [0.5, 0.6) is 0 Å². The maximum atomic E-state index is 14.9. The standard InChI is InChI=1S/C23H20ClFN6O2/c1-3-31-11-14(10-26-31)19-12-30(6-7-33-19)20-9-18-21(23(32)28-13(2)27-18)22(29-20)16-5-4-15(24)8-17(16)25/h3-5,8-11,19H,1,6-7,12H2,2H3,(H,27,28,32)/t19-/m1/s1. The summed E-state index contributed by atoms with van der Waals surface area (Å²) in [6, 6.07) is 6.05. The third-order valence-corrected chi connectivity index (χ3v) is 5.79. The van der Waals surface area contributed by atoms with Crippen molar-refractivity contribution in [1.29, 1.82) is 0 Å². The number of pyridine rings is 1. The fourth-order valence-corrected chi connectivity index (χ4v) is 4.14. The Morgan fingerprint density at radius 2 is 2.18 bits per heavy atom. The molecular formula is C23H20ClFN6O2. The maximum absolute atomic E-state index is 14.9. The molecule has 10 heteroatoms.